The Morgan fingerprint density at radius 2 is 2.10 bits per heavy atom. The summed E-state index contributed by atoms with van der Waals surface area (Å²) in [6, 6.07) is 5.83. The highest BCUT2D eigenvalue weighted by atomic mass is 16.6. The average Bonchev–Trinajstić information content (AvgIpc) is 2.50. The van der Waals surface area contributed by atoms with E-state index >= 15 is 0 Å². The van der Waals surface area contributed by atoms with E-state index in [9.17, 15) is 9.90 Å². The summed E-state index contributed by atoms with van der Waals surface area (Å²) in [4.78, 5) is 11.3. The largest absolute Gasteiger partial charge is 0.486 e. The van der Waals surface area contributed by atoms with Gasteiger partial charge in [-0.25, -0.2) is 4.79 Å². The number of methoxy groups -OCH3 is 1. The Morgan fingerprint density at radius 1 is 1.38 bits per heavy atom. The highest BCUT2D eigenvalue weighted by Crippen LogP contribution is 2.30. The lowest BCUT2D eigenvalue weighted by Crippen LogP contribution is -2.46. The van der Waals surface area contributed by atoms with Crippen molar-refractivity contribution in [3.05, 3.63) is 23.8 Å². The third-order valence-corrected chi connectivity index (χ3v) is 3.29. The number of hydrogen-bond acceptors (Lipinski definition) is 6. The fourth-order valence-electron chi connectivity index (χ4n) is 2.10. The van der Waals surface area contributed by atoms with Gasteiger partial charge in [-0.15, -0.1) is 0 Å². The Bertz CT molecular complexity index is 501. The van der Waals surface area contributed by atoms with E-state index in [0.717, 1.165) is 23.5 Å². The molecule has 0 aliphatic carbocycles. The number of esters is 1. The van der Waals surface area contributed by atoms with Crippen LogP contribution in [-0.4, -0.2) is 50.1 Å². The van der Waals surface area contributed by atoms with Crippen LogP contribution in [-0.2, 0) is 16.0 Å². The summed E-state index contributed by atoms with van der Waals surface area (Å²) in [6.07, 6.45) is 0.758. The number of carbonyl (C=O) groups excluding carboxylic acids is 1. The number of aliphatic hydroxyl groups is 1. The molecule has 1 aromatic carbocycles. The number of hydrogen-bond donors (Lipinski definition) is 2. The third-order valence-electron chi connectivity index (χ3n) is 3.29. The van der Waals surface area contributed by atoms with Gasteiger partial charge in [-0.05, 0) is 37.6 Å². The van der Waals surface area contributed by atoms with Crippen LogP contribution in [0.4, 0.5) is 0 Å². The quantitative estimate of drug-likeness (QED) is 0.588. The Morgan fingerprint density at radius 3 is 2.81 bits per heavy atom. The molecule has 6 nitrogen and oxygen atoms in total. The maximum Gasteiger partial charge on any atom is 0.338 e. The lowest BCUT2D eigenvalue weighted by atomic mass is 10.1. The lowest BCUT2D eigenvalue weighted by molar-refractivity contribution is -0.159. The Balaban J connectivity index is 1.80. The van der Waals surface area contributed by atoms with Crippen LogP contribution in [0.2, 0.25) is 0 Å². The third kappa shape index (κ3) is 4.09. The first-order chi connectivity index (χ1) is 10.0. The second kappa shape index (κ2) is 6.78. The normalized spacial score (nSPS) is 16.1. The first-order valence-corrected chi connectivity index (χ1v) is 6.93. The van der Waals surface area contributed by atoms with Gasteiger partial charge in [0.2, 0.25) is 0 Å². The first-order valence-electron chi connectivity index (χ1n) is 6.93. The summed E-state index contributed by atoms with van der Waals surface area (Å²) in [5, 5.41) is 12.9. The average molecular weight is 295 g/mol. The summed E-state index contributed by atoms with van der Waals surface area (Å²) in [6.45, 7) is 3.35. The zero-order valence-electron chi connectivity index (χ0n) is 12.3. The maximum absolute atomic E-state index is 11.3. The molecule has 2 N–H and O–H groups in total. The van der Waals surface area contributed by atoms with E-state index < -0.39 is 11.6 Å². The molecule has 0 bridgehead atoms. The smallest absolute Gasteiger partial charge is 0.338 e. The summed E-state index contributed by atoms with van der Waals surface area (Å²) in [5.74, 6) is 0.890. The molecule has 1 heterocycles. The fourth-order valence-corrected chi connectivity index (χ4v) is 2.10. The van der Waals surface area contributed by atoms with Crippen LogP contribution < -0.4 is 14.8 Å². The Hall–Kier alpha value is -1.79. The molecule has 116 valence electrons. The van der Waals surface area contributed by atoms with Gasteiger partial charge in [-0.2, -0.15) is 0 Å². The van der Waals surface area contributed by atoms with E-state index in [0.29, 0.717) is 19.8 Å². The zero-order chi connectivity index (χ0) is 15.3. The highest BCUT2D eigenvalue weighted by Gasteiger charge is 2.30. The molecule has 1 aromatic rings. The minimum Gasteiger partial charge on any atom is -0.486 e. The topological polar surface area (TPSA) is 77.0 Å². The number of nitrogens with one attached hydrogen (secondary N) is 1. The van der Waals surface area contributed by atoms with Gasteiger partial charge in [0.1, 0.15) is 13.2 Å². The van der Waals surface area contributed by atoms with Crippen molar-refractivity contribution in [3.63, 3.8) is 0 Å². The van der Waals surface area contributed by atoms with Crippen LogP contribution in [0.5, 0.6) is 11.5 Å². The molecule has 0 amide bonds. The number of ether oxygens (including phenoxy) is 3. The van der Waals surface area contributed by atoms with Crippen LogP contribution in [0.1, 0.15) is 12.5 Å². The van der Waals surface area contributed by atoms with E-state index in [1.807, 2.05) is 18.2 Å². The SMILES string of the molecule is COC(=O)C(C)(O)CNCCc1ccc2c(c1)OCCO2. The van der Waals surface area contributed by atoms with Crippen molar-refractivity contribution in [2.24, 2.45) is 0 Å². The Labute approximate surface area is 124 Å². The second-order valence-electron chi connectivity index (χ2n) is 5.17. The summed E-state index contributed by atoms with van der Waals surface area (Å²) in [5.41, 5.74) is -0.411. The minimum absolute atomic E-state index is 0.143. The van der Waals surface area contributed by atoms with Gasteiger partial charge in [0.15, 0.2) is 17.1 Å². The molecule has 0 aromatic heterocycles. The van der Waals surface area contributed by atoms with Crippen molar-refractivity contribution in [1.29, 1.82) is 0 Å². The summed E-state index contributed by atoms with van der Waals surface area (Å²) < 4.78 is 15.5. The van der Waals surface area contributed by atoms with Gasteiger partial charge in [-0.1, -0.05) is 6.07 Å². The number of carbonyl (C=O) groups is 1. The van der Waals surface area contributed by atoms with E-state index in [1.165, 1.54) is 14.0 Å². The van der Waals surface area contributed by atoms with Gasteiger partial charge >= 0.3 is 5.97 Å². The minimum atomic E-state index is -1.51. The molecule has 0 spiro atoms. The Kier molecular flexibility index (Phi) is 5.03. The van der Waals surface area contributed by atoms with Crippen molar-refractivity contribution in [3.8, 4) is 11.5 Å². The van der Waals surface area contributed by atoms with Crippen molar-refractivity contribution in [2.75, 3.05) is 33.4 Å². The molecule has 1 aliphatic rings. The summed E-state index contributed by atoms with van der Waals surface area (Å²) >= 11 is 0. The monoisotopic (exact) mass is 295 g/mol. The van der Waals surface area contributed by atoms with E-state index in [2.05, 4.69) is 10.1 Å². The molecule has 1 atom stereocenters. The molecule has 2 rings (SSSR count). The zero-order valence-corrected chi connectivity index (χ0v) is 12.3. The first kappa shape index (κ1) is 15.6. The fraction of sp³-hybridized carbons (Fsp3) is 0.533. The van der Waals surface area contributed by atoms with Gasteiger partial charge in [0.05, 0.1) is 7.11 Å². The van der Waals surface area contributed by atoms with Gasteiger partial charge in [0, 0.05) is 6.54 Å². The van der Waals surface area contributed by atoms with Gasteiger partial charge < -0.3 is 24.6 Å². The summed E-state index contributed by atoms with van der Waals surface area (Å²) in [7, 11) is 1.26. The van der Waals surface area contributed by atoms with E-state index in [1.54, 1.807) is 0 Å². The van der Waals surface area contributed by atoms with Crippen molar-refractivity contribution in [1.82, 2.24) is 5.32 Å². The standard InChI is InChI=1S/C15H21NO5/c1-15(18,14(17)19-2)10-16-6-5-11-3-4-12-13(9-11)21-8-7-20-12/h3-4,9,16,18H,5-8,10H2,1-2H3. The molecule has 21 heavy (non-hydrogen) atoms. The predicted octanol–water partition coefficient (Wildman–Crippen LogP) is 0.514. The van der Waals surface area contributed by atoms with Gasteiger partial charge in [-0.3, -0.25) is 0 Å². The molecule has 6 heteroatoms. The van der Waals surface area contributed by atoms with Crippen LogP contribution in [0, 0.1) is 0 Å². The van der Waals surface area contributed by atoms with Crippen LogP contribution in [0.3, 0.4) is 0 Å². The predicted molar refractivity (Wildman–Crippen MR) is 76.6 cm³/mol. The molecular weight excluding hydrogens is 274 g/mol. The van der Waals surface area contributed by atoms with Crippen LogP contribution in [0.25, 0.3) is 0 Å². The molecular formula is C15H21NO5. The van der Waals surface area contributed by atoms with Crippen molar-refractivity contribution >= 4 is 5.97 Å². The lowest BCUT2D eigenvalue weighted by Gasteiger charge is -2.21. The highest BCUT2D eigenvalue weighted by molar-refractivity contribution is 5.78. The molecule has 1 aliphatic heterocycles. The van der Waals surface area contributed by atoms with E-state index in [4.69, 9.17) is 9.47 Å². The van der Waals surface area contributed by atoms with Gasteiger partial charge in [0.25, 0.3) is 0 Å². The van der Waals surface area contributed by atoms with Crippen molar-refractivity contribution < 1.29 is 24.1 Å². The van der Waals surface area contributed by atoms with Crippen molar-refractivity contribution in [2.45, 2.75) is 18.9 Å². The maximum atomic E-state index is 11.3. The second-order valence-corrected chi connectivity index (χ2v) is 5.17. The molecule has 0 radical (unpaired) electrons. The molecule has 0 saturated carbocycles. The molecule has 1 unspecified atom stereocenters. The van der Waals surface area contributed by atoms with Crippen LogP contribution >= 0.6 is 0 Å². The molecule has 0 fully saturated rings. The van der Waals surface area contributed by atoms with E-state index in [-0.39, 0.29) is 6.54 Å². The number of benzene rings is 1. The molecule has 0 saturated heterocycles. The van der Waals surface area contributed by atoms with Crippen LogP contribution in [0.15, 0.2) is 18.2 Å². The number of fused-ring (bicyclic) bond motifs is 1. The number of rotatable bonds is 6.